The SMILES string of the molecule is Cc1ccc2c(c1)C1C=CCC1C(c1ccccc1)N2. The lowest BCUT2D eigenvalue weighted by molar-refractivity contribution is 0.425. The van der Waals surface area contributed by atoms with E-state index in [1.807, 2.05) is 0 Å². The van der Waals surface area contributed by atoms with Crippen molar-refractivity contribution in [2.75, 3.05) is 5.32 Å². The lowest BCUT2D eigenvalue weighted by Gasteiger charge is -2.37. The maximum atomic E-state index is 3.77. The first-order chi connectivity index (χ1) is 9.83. The van der Waals surface area contributed by atoms with Crippen LogP contribution < -0.4 is 5.32 Å². The Balaban J connectivity index is 1.80. The zero-order chi connectivity index (χ0) is 13.5. The van der Waals surface area contributed by atoms with E-state index in [9.17, 15) is 0 Å². The molecular formula is C19H19N. The molecule has 1 nitrogen and oxygen atoms in total. The molecule has 2 aromatic carbocycles. The molecule has 0 saturated heterocycles. The van der Waals surface area contributed by atoms with Crippen LogP contribution in [0.3, 0.4) is 0 Å². The van der Waals surface area contributed by atoms with E-state index in [0.29, 0.717) is 17.9 Å². The highest BCUT2D eigenvalue weighted by molar-refractivity contribution is 5.60. The molecule has 3 unspecified atom stereocenters. The predicted molar refractivity (Wildman–Crippen MR) is 84.0 cm³/mol. The van der Waals surface area contributed by atoms with Gasteiger partial charge in [0.25, 0.3) is 0 Å². The Labute approximate surface area is 120 Å². The minimum atomic E-state index is 0.423. The summed E-state index contributed by atoms with van der Waals surface area (Å²) in [5.74, 6) is 1.21. The van der Waals surface area contributed by atoms with Gasteiger partial charge in [-0.05, 0) is 36.5 Å². The average Bonchev–Trinajstić information content (AvgIpc) is 2.97. The molecule has 100 valence electrons. The summed E-state index contributed by atoms with van der Waals surface area (Å²) in [7, 11) is 0. The van der Waals surface area contributed by atoms with Crippen molar-refractivity contribution >= 4 is 5.69 Å². The Morgan fingerprint density at radius 3 is 2.75 bits per heavy atom. The van der Waals surface area contributed by atoms with Crippen molar-refractivity contribution in [3.05, 3.63) is 77.4 Å². The van der Waals surface area contributed by atoms with Gasteiger partial charge in [0.15, 0.2) is 0 Å². The Morgan fingerprint density at radius 1 is 1.05 bits per heavy atom. The van der Waals surface area contributed by atoms with Crippen LogP contribution in [0.1, 0.15) is 35.1 Å². The van der Waals surface area contributed by atoms with Crippen molar-refractivity contribution in [1.29, 1.82) is 0 Å². The molecule has 1 heterocycles. The van der Waals surface area contributed by atoms with Gasteiger partial charge in [-0.1, -0.05) is 60.2 Å². The normalized spacial score (nSPS) is 26.8. The largest absolute Gasteiger partial charge is 0.378 e. The van der Waals surface area contributed by atoms with Crippen LogP contribution in [0, 0.1) is 12.8 Å². The second-order valence-corrected chi connectivity index (χ2v) is 5.98. The number of hydrogen-bond acceptors (Lipinski definition) is 1. The minimum absolute atomic E-state index is 0.423. The van der Waals surface area contributed by atoms with Gasteiger partial charge in [0.2, 0.25) is 0 Å². The summed E-state index contributed by atoms with van der Waals surface area (Å²) < 4.78 is 0. The van der Waals surface area contributed by atoms with Gasteiger partial charge in [-0.3, -0.25) is 0 Å². The van der Waals surface area contributed by atoms with Crippen LogP contribution in [-0.4, -0.2) is 0 Å². The highest BCUT2D eigenvalue weighted by Gasteiger charge is 2.37. The van der Waals surface area contributed by atoms with Gasteiger partial charge in [0, 0.05) is 11.6 Å². The number of aryl methyl sites for hydroxylation is 1. The van der Waals surface area contributed by atoms with E-state index < -0.39 is 0 Å². The Morgan fingerprint density at radius 2 is 1.90 bits per heavy atom. The fourth-order valence-corrected chi connectivity index (χ4v) is 3.70. The van der Waals surface area contributed by atoms with Crippen LogP contribution in [0.5, 0.6) is 0 Å². The van der Waals surface area contributed by atoms with Crippen molar-refractivity contribution in [2.24, 2.45) is 5.92 Å². The van der Waals surface area contributed by atoms with Gasteiger partial charge >= 0.3 is 0 Å². The zero-order valence-electron chi connectivity index (χ0n) is 11.7. The summed E-state index contributed by atoms with van der Waals surface area (Å²) in [6.07, 6.45) is 5.93. The van der Waals surface area contributed by atoms with Gasteiger partial charge in [-0.2, -0.15) is 0 Å². The van der Waals surface area contributed by atoms with Crippen molar-refractivity contribution in [1.82, 2.24) is 0 Å². The molecule has 20 heavy (non-hydrogen) atoms. The summed E-state index contributed by atoms with van der Waals surface area (Å²) in [4.78, 5) is 0. The first kappa shape index (κ1) is 11.8. The van der Waals surface area contributed by atoms with E-state index in [4.69, 9.17) is 0 Å². The number of allylic oxidation sites excluding steroid dienone is 2. The molecule has 0 saturated carbocycles. The first-order valence-corrected chi connectivity index (χ1v) is 7.41. The summed E-state index contributed by atoms with van der Waals surface area (Å²) in [6, 6.07) is 18.1. The average molecular weight is 261 g/mol. The van der Waals surface area contributed by atoms with Gasteiger partial charge < -0.3 is 5.32 Å². The molecule has 1 aliphatic heterocycles. The quantitative estimate of drug-likeness (QED) is 0.726. The van der Waals surface area contributed by atoms with Crippen LogP contribution in [0.25, 0.3) is 0 Å². The molecular weight excluding hydrogens is 242 g/mol. The van der Waals surface area contributed by atoms with Gasteiger partial charge in [0.1, 0.15) is 0 Å². The molecule has 1 aliphatic carbocycles. The summed E-state index contributed by atoms with van der Waals surface area (Å²) in [5.41, 5.74) is 5.52. The number of benzene rings is 2. The molecule has 4 rings (SSSR count). The highest BCUT2D eigenvalue weighted by Crippen LogP contribution is 2.49. The van der Waals surface area contributed by atoms with Crippen molar-refractivity contribution in [3.63, 3.8) is 0 Å². The number of fused-ring (bicyclic) bond motifs is 3. The third-order valence-corrected chi connectivity index (χ3v) is 4.68. The highest BCUT2D eigenvalue weighted by atomic mass is 15.0. The third-order valence-electron chi connectivity index (χ3n) is 4.68. The lowest BCUT2D eigenvalue weighted by atomic mass is 9.77. The number of hydrogen-bond donors (Lipinski definition) is 1. The van der Waals surface area contributed by atoms with E-state index >= 15 is 0 Å². The number of anilines is 1. The first-order valence-electron chi connectivity index (χ1n) is 7.41. The zero-order valence-corrected chi connectivity index (χ0v) is 11.7. The topological polar surface area (TPSA) is 12.0 Å². The standard InChI is InChI=1S/C19H19N/c1-13-10-11-18-17(12-13)15-8-5-9-16(15)19(20-18)14-6-3-2-4-7-14/h2-8,10-12,15-16,19-20H,9H2,1H3. The molecule has 2 aliphatic rings. The predicted octanol–water partition coefficient (Wildman–Crippen LogP) is 4.82. The van der Waals surface area contributed by atoms with Gasteiger partial charge in [0.05, 0.1) is 6.04 Å². The minimum Gasteiger partial charge on any atom is -0.378 e. The monoisotopic (exact) mass is 261 g/mol. The maximum absolute atomic E-state index is 3.77. The van der Waals surface area contributed by atoms with Crippen LogP contribution in [0.2, 0.25) is 0 Å². The van der Waals surface area contributed by atoms with E-state index in [1.165, 1.54) is 28.8 Å². The molecule has 1 N–H and O–H groups in total. The molecule has 0 aromatic heterocycles. The molecule has 0 amide bonds. The molecule has 0 bridgehead atoms. The molecule has 0 fully saturated rings. The van der Waals surface area contributed by atoms with Crippen LogP contribution in [0.15, 0.2) is 60.7 Å². The second kappa shape index (κ2) is 4.52. The summed E-state index contributed by atoms with van der Waals surface area (Å²) in [6.45, 7) is 2.18. The van der Waals surface area contributed by atoms with E-state index in [2.05, 4.69) is 72.9 Å². The fraction of sp³-hybridized carbons (Fsp3) is 0.263. The molecule has 1 heteroatoms. The van der Waals surface area contributed by atoms with E-state index in [-0.39, 0.29) is 0 Å². The van der Waals surface area contributed by atoms with Crippen LogP contribution in [0.4, 0.5) is 5.69 Å². The molecule has 2 aromatic rings. The van der Waals surface area contributed by atoms with Crippen molar-refractivity contribution in [3.8, 4) is 0 Å². The van der Waals surface area contributed by atoms with Gasteiger partial charge in [-0.25, -0.2) is 0 Å². The second-order valence-electron chi connectivity index (χ2n) is 5.98. The number of rotatable bonds is 1. The summed E-state index contributed by atoms with van der Waals surface area (Å²) in [5, 5.41) is 3.77. The molecule has 3 atom stereocenters. The Kier molecular flexibility index (Phi) is 2.66. The van der Waals surface area contributed by atoms with Crippen LogP contribution in [-0.2, 0) is 0 Å². The Bertz CT molecular complexity index is 657. The van der Waals surface area contributed by atoms with E-state index in [0.717, 1.165) is 0 Å². The Hall–Kier alpha value is -2.02. The van der Waals surface area contributed by atoms with Crippen LogP contribution >= 0.6 is 0 Å². The van der Waals surface area contributed by atoms with Crippen molar-refractivity contribution < 1.29 is 0 Å². The maximum Gasteiger partial charge on any atom is 0.0553 e. The van der Waals surface area contributed by atoms with E-state index in [1.54, 1.807) is 0 Å². The molecule has 0 radical (unpaired) electrons. The van der Waals surface area contributed by atoms with Crippen molar-refractivity contribution in [2.45, 2.75) is 25.3 Å². The smallest absolute Gasteiger partial charge is 0.0553 e. The number of nitrogens with one attached hydrogen (secondary N) is 1. The van der Waals surface area contributed by atoms with Gasteiger partial charge in [-0.15, -0.1) is 0 Å². The lowest BCUT2D eigenvalue weighted by Crippen LogP contribution is -2.29. The third kappa shape index (κ3) is 1.77. The summed E-state index contributed by atoms with van der Waals surface area (Å²) >= 11 is 0. The fourth-order valence-electron chi connectivity index (χ4n) is 3.70. The molecule has 0 spiro atoms.